The Balaban J connectivity index is 2.67. The Hall–Kier alpha value is -0.200. The molecular formula is C31H61NO4. The summed E-state index contributed by atoms with van der Waals surface area (Å²) in [6.07, 6.45) is 3.81. The summed E-state index contributed by atoms with van der Waals surface area (Å²) in [5, 5.41) is 4.08. The summed E-state index contributed by atoms with van der Waals surface area (Å²) in [7, 11) is 0. The molecule has 1 N–H and O–H groups in total. The van der Waals surface area contributed by atoms with Gasteiger partial charge in [0.1, 0.15) is 0 Å². The first kappa shape index (κ1) is 32.0. The maximum atomic E-state index is 6.92. The van der Waals surface area contributed by atoms with Crippen LogP contribution in [0.2, 0.25) is 0 Å². The molecule has 5 heteroatoms. The van der Waals surface area contributed by atoms with Crippen LogP contribution in [0.5, 0.6) is 0 Å². The lowest BCUT2D eigenvalue weighted by Gasteiger charge is -2.56. The molecule has 0 aromatic heterocycles. The second-order valence-corrected chi connectivity index (χ2v) is 15.4. The van der Waals surface area contributed by atoms with Gasteiger partial charge in [0.15, 0.2) is 0 Å². The average molecular weight is 512 g/mol. The molecule has 2 unspecified atom stereocenters. The van der Waals surface area contributed by atoms with Crippen molar-refractivity contribution in [2.75, 3.05) is 33.0 Å². The van der Waals surface area contributed by atoms with E-state index in [-0.39, 0.29) is 32.9 Å². The summed E-state index contributed by atoms with van der Waals surface area (Å²) >= 11 is 0. The van der Waals surface area contributed by atoms with Crippen LogP contribution in [0.25, 0.3) is 0 Å². The molecule has 0 aromatic carbocycles. The van der Waals surface area contributed by atoms with Gasteiger partial charge >= 0.3 is 0 Å². The number of rotatable bonds is 1. The van der Waals surface area contributed by atoms with Crippen LogP contribution in [0, 0.1) is 16.2 Å². The van der Waals surface area contributed by atoms with Crippen molar-refractivity contribution >= 4 is 0 Å². The Morgan fingerprint density at radius 2 is 1.14 bits per heavy atom. The quantitative estimate of drug-likeness (QED) is 0.405. The minimum absolute atomic E-state index is 0.125. The van der Waals surface area contributed by atoms with Gasteiger partial charge in [0, 0.05) is 35.1 Å². The fourth-order valence-corrected chi connectivity index (χ4v) is 5.63. The molecule has 36 heavy (non-hydrogen) atoms. The first-order valence-electron chi connectivity index (χ1n) is 14.4. The zero-order valence-electron chi connectivity index (χ0n) is 26.5. The Bertz CT molecular complexity index is 739. The third-order valence-corrected chi connectivity index (χ3v) is 11.1. The molecule has 2 heterocycles. The molecule has 2 atom stereocenters. The van der Waals surface area contributed by atoms with Crippen LogP contribution in [-0.2, 0) is 18.9 Å². The lowest BCUT2D eigenvalue weighted by Crippen LogP contribution is -2.64. The van der Waals surface area contributed by atoms with Crippen LogP contribution in [-0.4, -0.2) is 60.9 Å². The maximum absolute atomic E-state index is 6.92. The van der Waals surface area contributed by atoms with Gasteiger partial charge in [0.2, 0.25) is 0 Å². The molecule has 2 aliphatic heterocycles. The minimum Gasteiger partial charge on any atom is -0.379 e. The minimum atomic E-state index is -0.464. The van der Waals surface area contributed by atoms with Crippen LogP contribution in [0.4, 0.5) is 0 Å². The number of ether oxygens (including phenoxy) is 4. The molecule has 2 rings (SSSR count). The van der Waals surface area contributed by atoms with Gasteiger partial charge in [-0.15, -0.1) is 0 Å². The van der Waals surface area contributed by atoms with E-state index in [1.807, 2.05) is 0 Å². The highest BCUT2D eigenvalue weighted by Crippen LogP contribution is 2.54. The second-order valence-electron chi connectivity index (χ2n) is 15.4. The Morgan fingerprint density at radius 1 is 0.611 bits per heavy atom. The summed E-state index contributed by atoms with van der Waals surface area (Å²) in [5.41, 5.74) is -1.96. The lowest BCUT2D eigenvalue weighted by atomic mass is 9.56. The predicted molar refractivity (Wildman–Crippen MR) is 151 cm³/mol. The summed E-state index contributed by atoms with van der Waals surface area (Å²) in [6, 6.07) is 0. The van der Waals surface area contributed by atoms with Gasteiger partial charge in [-0.25, -0.2) is 0 Å². The van der Waals surface area contributed by atoms with E-state index in [1.165, 1.54) is 0 Å². The zero-order chi connectivity index (χ0) is 27.9. The molecule has 2 bridgehead atoms. The number of hydrogen-bond acceptors (Lipinski definition) is 5. The van der Waals surface area contributed by atoms with E-state index in [1.54, 1.807) is 0 Å². The van der Waals surface area contributed by atoms with Crippen molar-refractivity contribution in [2.24, 2.45) is 16.2 Å². The molecule has 0 saturated carbocycles. The lowest BCUT2D eigenvalue weighted by molar-refractivity contribution is -0.227. The fraction of sp³-hybridized carbons (Fsp3) is 1.00. The van der Waals surface area contributed by atoms with Crippen LogP contribution in [0.1, 0.15) is 123 Å². The Kier molecular flexibility index (Phi) is 9.26. The van der Waals surface area contributed by atoms with Crippen molar-refractivity contribution < 1.29 is 18.9 Å². The normalized spacial score (nSPS) is 36.8. The van der Waals surface area contributed by atoms with E-state index < -0.39 is 11.2 Å². The summed E-state index contributed by atoms with van der Waals surface area (Å²) in [5.74, 6) is 0. The summed E-state index contributed by atoms with van der Waals surface area (Å²) in [6.45, 7) is 35.4. The van der Waals surface area contributed by atoms with E-state index in [0.717, 1.165) is 38.9 Å². The zero-order valence-corrected chi connectivity index (χ0v) is 26.5. The van der Waals surface area contributed by atoms with Gasteiger partial charge in [-0.2, -0.15) is 0 Å². The molecule has 0 aromatic rings. The second kappa shape index (κ2) is 10.4. The third kappa shape index (κ3) is 6.17. The standard InChI is InChI=1S/C31H61NO4/c1-15-31-18-17-30(14,23-33-19-16-20-34-31)32-27(8,9)25(4,5)22-36-29(12,13)28(10,11)35-21-24(2,3)26(31,6)7/h32H,15-23H2,1-14H3. The summed E-state index contributed by atoms with van der Waals surface area (Å²) in [4.78, 5) is 0. The monoisotopic (exact) mass is 511 g/mol. The Labute approximate surface area is 224 Å². The predicted octanol–water partition coefficient (Wildman–Crippen LogP) is 7.16. The molecule has 0 spiro atoms. The topological polar surface area (TPSA) is 49.0 Å². The van der Waals surface area contributed by atoms with Crippen LogP contribution in [0.3, 0.4) is 0 Å². The highest BCUT2D eigenvalue weighted by molar-refractivity contribution is 5.07. The van der Waals surface area contributed by atoms with E-state index in [4.69, 9.17) is 18.9 Å². The molecule has 5 nitrogen and oxygen atoms in total. The highest BCUT2D eigenvalue weighted by atomic mass is 16.6. The smallest absolute Gasteiger partial charge is 0.0909 e. The first-order valence-corrected chi connectivity index (χ1v) is 14.4. The number of fused-ring (bicyclic) bond motifs is 3. The largest absolute Gasteiger partial charge is 0.379 e. The third-order valence-electron chi connectivity index (χ3n) is 11.1. The van der Waals surface area contributed by atoms with Crippen LogP contribution < -0.4 is 5.32 Å². The van der Waals surface area contributed by atoms with E-state index in [9.17, 15) is 0 Å². The van der Waals surface area contributed by atoms with E-state index >= 15 is 0 Å². The SMILES string of the molecule is CCC12CCC(C)(COCCCO1)NC(C)(C)C(C)(C)COC(C)(C)C(C)(C)OCC(C)(C)C2(C)C. The number of nitrogens with one attached hydrogen (secondary N) is 1. The first-order chi connectivity index (χ1) is 16.1. The van der Waals surface area contributed by atoms with Gasteiger partial charge < -0.3 is 24.3 Å². The maximum Gasteiger partial charge on any atom is 0.0909 e. The van der Waals surface area contributed by atoms with Crippen molar-refractivity contribution in [1.29, 1.82) is 0 Å². The highest BCUT2D eigenvalue weighted by Gasteiger charge is 2.55. The van der Waals surface area contributed by atoms with E-state index in [0.29, 0.717) is 19.8 Å². The van der Waals surface area contributed by atoms with Crippen molar-refractivity contribution in [3.63, 3.8) is 0 Å². The van der Waals surface area contributed by atoms with E-state index in [2.05, 4.69) is 102 Å². The molecular weight excluding hydrogens is 450 g/mol. The molecule has 214 valence electrons. The van der Waals surface area contributed by atoms with Crippen LogP contribution in [0.15, 0.2) is 0 Å². The molecule has 0 amide bonds. The molecule has 2 aliphatic rings. The van der Waals surface area contributed by atoms with Crippen molar-refractivity contribution in [1.82, 2.24) is 5.32 Å². The van der Waals surface area contributed by atoms with Crippen molar-refractivity contribution in [3.05, 3.63) is 0 Å². The van der Waals surface area contributed by atoms with Crippen LogP contribution >= 0.6 is 0 Å². The number of hydrogen-bond donors (Lipinski definition) is 1. The molecule has 0 radical (unpaired) electrons. The Morgan fingerprint density at radius 3 is 1.67 bits per heavy atom. The van der Waals surface area contributed by atoms with Gasteiger partial charge in [-0.05, 0) is 79.6 Å². The molecule has 2 saturated heterocycles. The fourth-order valence-electron chi connectivity index (χ4n) is 5.63. The summed E-state index contributed by atoms with van der Waals surface area (Å²) < 4.78 is 26.6. The molecule has 2 fully saturated rings. The van der Waals surface area contributed by atoms with Crippen molar-refractivity contribution in [3.8, 4) is 0 Å². The van der Waals surface area contributed by atoms with Gasteiger partial charge in [-0.1, -0.05) is 48.5 Å². The average Bonchev–Trinajstić information content (AvgIpc) is 2.74. The van der Waals surface area contributed by atoms with Gasteiger partial charge in [0.05, 0.1) is 36.6 Å². The molecule has 0 aliphatic carbocycles. The van der Waals surface area contributed by atoms with Gasteiger partial charge in [-0.3, -0.25) is 0 Å². The van der Waals surface area contributed by atoms with Gasteiger partial charge in [0.25, 0.3) is 0 Å². The van der Waals surface area contributed by atoms with Crippen molar-refractivity contribution in [2.45, 2.75) is 150 Å².